The number of rotatable bonds is 3. The number of aromatic nitrogens is 2. The Bertz CT molecular complexity index is 1470. The fraction of sp³-hybridized carbons (Fsp3) is 0.273. The maximum Gasteiger partial charge on any atom is 0.311 e. The summed E-state index contributed by atoms with van der Waals surface area (Å²) < 4.78 is 35.5. The van der Waals surface area contributed by atoms with Crippen LogP contribution in [0.25, 0.3) is 5.65 Å². The van der Waals surface area contributed by atoms with Gasteiger partial charge in [-0.25, -0.2) is 4.98 Å². The summed E-state index contributed by atoms with van der Waals surface area (Å²) in [6, 6.07) is 11.2. The number of pyridine rings is 1. The molecule has 1 fully saturated rings. The highest BCUT2D eigenvalue weighted by molar-refractivity contribution is 7.90. The highest BCUT2D eigenvalue weighted by atomic mass is 35.5. The summed E-state index contributed by atoms with van der Waals surface area (Å²) in [5, 5.41) is 0.412. The molecule has 3 aromatic rings. The van der Waals surface area contributed by atoms with Crippen LogP contribution in [-0.4, -0.2) is 47.6 Å². The van der Waals surface area contributed by atoms with E-state index in [2.05, 4.69) is 9.38 Å². The van der Waals surface area contributed by atoms with Crippen molar-refractivity contribution in [2.24, 2.45) is 10.3 Å². The van der Waals surface area contributed by atoms with Gasteiger partial charge in [-0.15, -0.1) is 4.40 Å². The maximum atomic E-state index is 12.8. The standard InChI is InChI=1S/C22H19ClN4O5S/c23-15-7-8-19-24-16(10-20(28)27(19)12-15)13-32-22(29)14-4-3-9-26(11-14)21-17-5-1-2-6-18(17)33(30,31)25-21/h1-2,5-8,10,12,14H,3-4,9,11,13H2/t14-/m0/s1. The lowest BCUT2D eigenvalue weighted by Gasteiger charge is -2.32. The van der Waals surface area contributed by atoms with Crippen molar-refractivity contribution < 1.29 is 17.9 Å². The summed E-state index contributed by atoms with van der Waals surface area (Å²) in [5.74, 6) is -0.504. The van der Waals surface area contributed by atoms with Crippen molar-refractivity contribution in [3.63, 3.8) is 0 Å². The molecule has 5 rings (SSSR count). The highest BCUT2D eigenvalue weighted by Gasteiger charge is 2.35. The highest BCUT2D eigenvalue weighted by Crippen LogP contribution is 2.30. The zero-order chi connectivity index (χ0) is 23.2. The number of carbonyl (C=O) groups excluding carboxylic acids is 1. The number of nitrogens with zero attached hydrogens (tertiary/aromatic N) is 4. The summed E-state index contributed by atoms with van der Waals surface area (Å²) in [7, 11) is -3.73. The van der Waals surface area contributed by atoms with E-state index in [0.29, 0.717) is 53.7 Å². The molecule has 2 aromatic heterocycles. The average molecular weight is 487 g/mol. The summed E-state index contributed by atoms with van der Waals surface area (Å²) in [5.41, 5.74) is 0.966. The van der Waals surface area contributed by atoms with Gasteiger partial charge in [0.15, 0.2) is 5.84 Å². The topological polar surface area (TPSA) is 110 Å². The molecule has 1 saturated heterocycles. The van der Waals surface area contributed by atoms with Crippen molar-refractivity contribution >= 4 is 39.1 Å². The smallest absolute Gasteiger partial charge is 0.311 e. The molecule has 33 heavy (non-hydrogen) atoms. The summed E-state index contributed by atoms with van der Waals surface area (Å²) in [6.07, 6.45) is 2.78. The lowest BCUT2D eigenvalue weighted by Crippen LogP contribution is -2.42. The first-order valence-corrected chi connectivity index (χ1v) is 12.2. The van der Waals surface area contributed by atoms with Crippen LogP contribution in [0.2, 0.25) is 5.02 Å². The quantitative estimate of drug-likeness (QED) is 0.522. The van der Waals surface area contributed by atoms with E-state index in [0.717, 1.165) is 0 Å². The Hall–Kier alpha value is -3.24. The Labute approximate surface area is 194 Å². The second-order valence-electron chi connectivity index (χ2n) is 7.94. The minimum absolute atomic E-state index is 0.137. The van der Waals surface area contributed by atoms with Gasteiger partial charge in [-0.1, -0.05) is 23.7 Å². The van der Waals surface area contributed by atoms with Crippen molar-refractivity contribution in [3.8, 4) is 0 Å². The molecule has 2 aliphatic rings. The molecule has 0 radical (unpaired) electrons. The Kier molecular flexibility index (Phi) is 5.41. The van der Waals surface area contributed by atoms with Crippen LogP contribution in [0.3, 0.4) is 0 Å². The summed E-state index contributed by atoms with van der Waals surface area (Å²) in [6.45, 7) is 0.758. The number of carbonyl (C=O) groups is 1. The molecule has 11 heteroatoms. The zero-order valence-electron chi connectivity index (χ0n) is 17.3. The van der Waals surface area contributed by atoms with Gasteiger partial charge in [-0.3, -0.25) is 14.0 Å². The van der Waals surface area contributed by atoms with Crippen LogP contribution in [0, 0.1) is 5.92 Å². The van der Waals surface area contributed by atoms with E-state index in [4.69, 9.17) is 16.3 Å². The summed E-state index contributed by atoms with van der Waals surface area (Å²) in [4.78, 5) is 31.4. The fourth-order valence-corrected chi connectivity index (χ4v) is 5.53. The molecule has 0 bridgehead atoms. The van der Waals surface area contributed by atoms with Crippen LogP contribution < -0.4 is 5.56 Å². The number of fused-ring (bicyclic) bond motifs is 2. The van der Waals surface area contributed by atoms with Crippen LogP contribution >= 0.6 is 11.6 Å². The van der Waals surface area contributed by atoms with Gasteiger partial charge < -0.3 is 9.64 Å². The number of hydrogen-bond donors (Lipinski definition) is 0. The molecule has 0 unspecified atom stereocenters. The molecule has 0 aliphatic carbocycles. The van der Waals surface area contributed by atoms with Gasteiger partial charge in [0.25, 0.3) is 15.6 Å². The van der Waals surface area contributed by atoms with Gasteiger partial charge in [0.2, 0.25) is 0 Å². The van der Waals surface area contributed by atoms with E-state index < -0.39 is 21.9 Å². The predicted octanol–water partition coefficient (Wildman–Crippen LogP) is 2.25. The third-order valence-corrected chi connectivity index (χ3v) is 7.25. The second kappa shape index (κ2) is 8.27. The van der Waals surface area contributed by atoms with Crippen LogP contribution in [0.5, 0.6) is 0 Å². The number of halogens is 1. The third kappa shape index (κ3) is 4.11. The van der Waals surface area contributed by atoms with Gasteiger partial charge in [0.05, 0.1) is 16.6 Å². The van der Waals surface area contributed by atoms with Gasteiger partial charge in [0.1, 0.15) is 17.1 Å². The van der Waals surface area contributed by atoms with Gasteiger partial charge in [0, 0.05) is 30.9 Å². The molecule has 1 aromatic carbocycles. The van der Waals surface area contributed by atoms with Crippen molar-refractivity contribution in [1.82, 2.24) is 14.3 Å². The van der Waals surface area contributed by atoms with Gasteiger partial charge in [-0.2, -0.15) is 8.42 Å². The molecule has 0 spiro atoms. The normalized spacial score (nSPS) is 19.2. The maximum absolute atomic E-state index is 12.8. The molecule has 4 heterocycles. The fourth-order valence-electron chi connectivity index (χ4n) is 4.14. The first kappa shape index (κ1) is 21.6. The van der Waals surface area contributed by atoms with Crippen molar-refractivity contribution in [3.05, 3.63) is 75.3 Å². The Morgan fingerprint density at radius 3 is 2.88 bits per heavy atom. The van der Waals surface area contributed by atoms with Crippen molar-refractivity contribution in [1.29, 1.82) is 0 Å². The lowest BCUT2D eigenvalue weighted by molar-refractivity contribution is -0.151. The van der Waals surface area contributed by atoms with E-state index in [1.54, 1.807) is 30.3 Å². The van der Waals surface area contributed by atoms with Gasteiger partial charge in [-0.05, 0) is 37.1 Å². The first-order valence-electron chi connectivity index (χ1n) is 10.4. The molecule has 9 nitrogen and oxygen atoms in total. The van der Waals surface area contributed by atoms with E-state index in [9.17, 15) is 18.0 Å². The number of piperidine rings is 1. The summed E-state index contributed by atoms with van der Waals surface area (Å²) >= 11 is 5.92. The third-order valence-electron chi connectivity index (χ3n) is 5.71. The number of benzene rings is 1. The van der Waals surface area contributed by atoms with Crippen molar-refractivity contribution in [2.45, 2.75) is 24.3 Å². The van der Waals surface area contributed by atoms with E-state index in [1.807, 2.05) is 4.90 Å². The molecule has 0 saturated carbocycles. The second-order valence-corrected chi connectivity index (χ2v) is 9.95. The van der Waals surface area contributed by atoms with E-state index >= 15 is 0 Å². The SMILES string of the molecule is O=C(OCc1cc(=O)n2cc(Cl)ccc2n1)[C@H]1CCCN(C2=NS(=O)(=O)c3ccccc32)C1. The Morgan fingerprint density at radius 2 is 2.03 bits per heavy atom. The van der Waals surface area contributed by atoms with E-state index in [-0.39, 0.29) is 17.1 Å². The van der Waals surface area contributed by atoms with Crippen molar-refractivity contribution in [2.75, 3.05) is 13.1 Å². The lowest BCUT2D eigenvalue weighted by atomic mass is 9.97. The van der Waals surface area contributed by atoms with Crippen LogP contribution in [-0.2, 0) is 26.2 Å². The minimum atomic E-state index is -3.73. The molecule has 170 valence electrons. The zero-order valence-corrected chi connectivity index (χ0v) is 18.9. The first-order chi connectivity index (χ1) is 15.8. The molecule has 2 aliphatic heterocycles. The number of sulfonamides is 1. The van der Waals surface area contributed by atoms with Crippen LogP contribution in [0.4, 0.5) is 0 Å². The van der Waals surface area contributed by atoms with Crippen LogP contribution in [0.1, 0.15) is 24.1 Å². The Morgan fingerprint density at radius 1 is 1.21 bits per heavy atom. The molecule has 0 N–H and O–H groups in total. The molecular formula is C22H19ClN4O5S. The van der Waals surface area contributed by atoms with Crippen LogP contribution in [0.15, 0.2) is 62.7 Å². The number of likely N-dealkylation sites (tertiary alicyclic amines) is 1. The number of esters is 1. The average Bonchev–Trinajstić information content (AvgIpc) is 3.09. The molecule has 1 atom stereocenters. The number of amidine groups is 1. The molecular weight excluding hydrogens is 468 g/mol. The van der Waals surface area contributed by atoms with E-state index in [1.165, 1.54) is 22.7 Å². The minimum Gasteiger partial charge on any atom is -0.459 e. The largest absolute Gasteiger partial charge is 0.459 e. The number of hydrogen-bond acceptors (Lipinski definition) is 7. The molecule has 0 amide bonds. The predicted molar refractivity (Wildman–Crippen MR) is 121 cm³/mol. The Balaban J connectivity index is 1.29. The van der Waals surface area contributed by atoms with Gasteiger partial charge >= 0.3 is 5.97 Å². The monoisotopic (exact) mass is 486 g/mol. The number of ether oxygens (including phenoxy) is 1.